The van der Waals surface area contributed by atoms with Gasteiger partial charge in [-0.3, -0.25) is 4.79 Å². The summed E-state index contributed by atoms with van der Waals surface area (Å²) in [6, 6.07) is 9.80. The van der Waals surface area contributed by atoms with Crippen molar-refractivity contribution in [3.8, 4) is 22.0 Å². The maximum absolute atomic E-state index is 13.1. The van der Waals surface area contributed by atoms with Crippen molar-refractivity contribution in [3.05, 3.63) is 52.0 Å². The summed E-state index contributed by atoms with van der Waals surface area (Å²) in [6.07, 6.45) is 6.81. The predicted octanol–water partition coefficient (Wildman–Crippen LogP) is 7.99. The second-order valence-electron chi connectivity index (χ2n) is 8.68. The molecule has 1 atom stereocenters. The monoisotopic (exact) mass is 485 g/mol. The number of thiazole rings is 1. The van der Waals surface area contributed by atoms with Crippen LogP contribution in [0.3, 0.4) is 0 Å². The third-order valence-electron chi connectivity index (χ3n) is 6.31. The maximum Gasteiger partial charge on any atom is 0.253 e. The number of halogens is 1. The fraction of sp³-hybridized carbons (Fsp3) is 0.481. The highest BCUT2D eigenvalue weighted by atomic mass is 35.5. The Hall–Kier alpha value is -2.11. The van der Waals surface area contributed by atoms with Crippen molar-refractivity contribution >= 4 is 28.8 Å². The van der Waals surface area contributed by atoms with E-state index in [2.05, 4.69) is 36.0 Å². The van der Waals surface area contributed by atoms with E-state index in [1.165, 1.54) is 19.3 Å². The summed E-state index contributed by atoms with van der Waals surface area (Å²) in [7, 11) is 0. The third kappa shape index (κ3) is 6.27. The summed E-state index contributed by atoms with van der Waals surface area (Å²) in [4.78, 5) is 18.0. The molecule has 0 saturated heterocycles. The molecule has 0 aliphatic heterocycles. The van der Waals surface area contributed by atoms with Crippen molar-refractivity contribution in [2.75, 3.05) is 6.54 Å². The third-order valence-corrected chi connectivity index (χ3v) is 7.52. The number of hydrogen-bond acceptors (Lipinski definition) is 3. The van der Waals surface area contributed by atoms with Gasteiger partial charge in [-0.2, -0.15) is 0 Å². The minimum atomic E-state index is 0.0144. The van der Waals surface area contributed by atoms with Gasteiger partial charge in [0.1, 0.15) is 5.01 Å². The standard InChI is InChI=1S/C27H36ClN3OS/c1-5-8-12-20(7-3)17-29-26(32)22-16-25(31(19(22)4)15-9-6-2)24-18-33-27(30-24)21-13-10-11-14-23(21)28/h10-11,13-14,16,18,20H,5-9,12,15,17H2,1-4H3,(H,29,32). The van der Waals surface area contributed by atoms with E-state index in [0.717, 1.165) is 65.6 Å². The number of nitrogens with one attached hydrogen (secondary N) is 1. The second kappa shape index (κ2) is 12.4. The fourth-order valence-corrected chi connectivity index (χ4v) is 5.25. The van der Waals surface area contributed by atoms with Crippen LogP contribution < -0.4 is 5.32 Å². The van der Waals surface area contributed by atoms with Gasteiger partial charge in [-0.15, -0.1) is 11.3 Å². The van der Waals surface area contributed by atoms with Gasteiger partial charge >= 0.3 is 0 Å². The van der Waals surface area contributed by atoms with Crippen LogP contribution in [0, 0.1) is 12.8 Å². The Morgan fingerprint density at radius 3 is 2.64 bits per heavy atom. The number of carbonyl (C=O) groups is 1. The molecule has 1 aromatic carbocycles. The number of rotatable bonds is 12. The van der Waals surface area contributed by atoms with Crippen LogP contribution in [-0.2, 0) is 6.54 Å². The molecule has 4 nitrogen and oxygen atoms in total. The highest BCUT2D eigenvalue weighted by molar-refractivity contribution is 7.13. The molecular formula is C27H36ClN3OS. The molecule has 0 aliphatic rings. The first-order valence-corrected chi connectivity index (χ1v) is 13.4. The number of hydrogen-bond donors (Lipinski definition) is 1. The molecular weight excluding hydrogens is 450 g/mol. The van der Waals surface area contributed by atoms with Crippen molar-refractivity contribution in [2.45, 2.75) is 72.8 Å². The van der Waals surface area contributed by atoms with Crippen molar-refractivity contribution < 1.29 is 4.79 Å². The zero-order valence-electron chi connectivity index (χ0n) is 20.3. The maximum atomic E-state index is 13.1. The van der Waals surface area contributed by atoms with Crippen LogP contribution in [0.4, 0.5) is 0 Å². The molecule has 1 amide bonds. The topological polar surface area (TPSA) is 46.9 Å². The summed E-state index contributed by atoms with van der Waals surface area (Å²) in [5.74, 6) is 0.549. The van der Waals surface area contributed by atoms with E-state index >= 15 is 0 Å². The van der Waals surface area contributed by atoms with E-state index in [4.69, 9.17) is 16.6 Å². The van der Waals surface area contributed by atoms with Gasteiger partial charge in [0.2, 0.25) is 0 Å². The number of carbonyl (C=O) groups excluding carboxylic acids is 1. The average molecular weight is 486 g/mol. The van der Waals surface area contributed by atoms with Gasteiger partial charge in [0.15, 0.2) is 0 Å². The van der Waals surface area contributed by atoms with Gasteiger partial charge in [0.05, 0.1) is 22.0 Å². The van der Waals surface area contributed by atoms with E-state index < -0.39 is 0 Å². The number of amides is 1. The van der Waals surface area contributed by atoms with E-state index in [0.29, 0.717) is 10.9 Å². The lowest BCUT2D eigenvalue weighted by atomic mass is 9.99. The Kier molecular flexibility index (Phi) is 9.57. The average Bonchev–Trinajstić information content (AvgIpc) is 3.42. The SMILES string of the molecule is CCCCC(CC)CNC(=O)c1cc(-c2csc(-c3ccccc3Cl)n2)n(CCCC)c1C. The zero-order valence-corrected chi connectivity index (χ0v) is 21.9. The molecule has 178 valence electrons. The van der Waals surface area contributed by atoms with Crippen molar-refractivity contribution in [1.82, 2.24) is 14.9 Å². The van der Waals surface area contributed by atoms with Crippen molar-refractivity contribution in [1.29, 1.82) is 0 Å². The first-order valence-electron chi connectivity index (χ1n) is 12.2. The summed E-state index contributed by atoms with van der Waals surface area (Å²) >= 11 is 7.98. The number of aromatic nitrogens is 2. The summed E-state index contributed by atoms with van der Waals surface area (Å²) in [5, 5.41) is 6.86. The van der Waals surface area contributed by atoms with Crippen LogP contribution in [0.2, 0.25) is 5.02 Å². The van der Waals surface area contributed by atoms with Gasteiger partial charge in [0.25, 0.3) is 5.91 Å². The second-order valence-corrected chi connectivity index (χ2v) is 9.94. The number of unbranched alkanes of at least 4 members (excludes halogenated alkanes) is 2. The lowest BCUT2D eigenvalue weighted by molar-refractivity contribution is 0.0945. The van der Waals surface area contributed by atoms with Gasteiger partial charge in [-0.05, 0) is 37.8 Å². The quantitative estimate of drug-likeness (QED) is 0.282. The fourth-order valence-electron chi connectivity index (χ4n) is 4.12. The van der Waals surface area contributed by atoms with E-state index in [9.17, 15) is 4.79 Å². The van der Waals surface area contributed by atoms with E-state index in [1.54, 1.807) is 11.3 Å². The Balaban J connectivity index is 1.87. The Morgan fingerprint density at radius 1 is 1.18 bits per heavy atom. The molecule has 0 radical (unpaired) electrons. The van der Waals surface area contributed by atoms with Gasteiger partial charge in [0, 0.05) is 29.7 Å². The molecule has 2 aromatic heterocycles. The summed E-state index contributed by atoms with van der Waals surface area (Å²) in [6.45, 7) is 10.3. The zero-order chi connectivity index (χ0) is 23.8. The molecule has 1 unspecified atom stereocenters. The number of nitrogens with zero attached hydrogens (tertiary/aromatic N) is 2. The van der Waals surface area contributed by atoms with Crippen LogP contribution >= 0.6 is 22.9 Å². The largest absolute Gasteiger partial charge is 0.352 e. The molecule has 0 spiro atoms. The van der Waals surface area contributed by atoms with Crippen LogP contribution in [0.15, 0.2) is 35.7 Å². The van der Waals surface area contributed by atoms with E-state index in [-0.39, 0.29) is 5.91 Å². The first-order chi connectivity index (χ1) is 16.0. The van der Waals surface area contributed by atoms with Crippen LogP contribution in [0.25, 0.3) is 22.0 Å². The lowest BCUT2D eigenvalue weighted by Gasteiger charge is -2.15. The van der Waals surface area contributed by atoms with Crippen molar-refractivity contribution in [3.63, 3.8) is 0 Å². The molecule has 0 saturated carbocycles. The minimum Gasteiger partial charge on any atom is -0.352 e. The van der Waals surface area contributed by atoms with Gasteiger partial charge in [-0.25, -0.2) is 4.98 Å². The highest BCUT2D eigenvalue weighted by Gasteiger charge is 2.21. The molecule has 0 bridgehead atoms. The van der Waals surface area contributed by atoms with Gasteiger partial charge < -0.3 is 9.88 Å². The Morgan fingerprint density at radius 2 is 1.94 bits per heavy atom. The first kappa shape index (κ1) is 25.5. The molecule has 1 N–H and O–H groups in total. The molecule has 0 fully saturated rings. The van der Waals surface area contributed by atoms with E-state index in [1.807, 2.05) is 37.3 Å². The smallest absolute Gasteiger partial charge is 0.253 e. The Labute approximate surface area is 207 Å². The predicted molar refractivity (Wildman–Crippen MR) is 141 cm³/mol. The molecule has 2 heterocycles. The normalized spacial score (nSPS) is 12.2. The molecule has 0 aliphatic carbocycles. The number of benzene rings is 1. The Bertz CT molecular complexity index is 1060. The van der Waals surface area contributed by atoms with Crippen LogP contribution in [0.1, 0.15) is 75.3 Å². The molecule has 3 rings (SSSR count). The molecule has 33 heavy (non-hydrogen) atoms. The lowest BCUT2D eigenvalue weighted by Crippen LogP contribution is -2.29. The van der Waals surface area contributed by atoms with Crippen LogP contribution in [0.5, 0.6) is 0 Å². The minimum absolute atomic E-state index is 0.0144. The molecule has 6 heteroatoms. The van der Waals surface area contributed by atoms with Crippen molar-refractivity contribution in [2.24, 2.45) is 5.92 Å². The van der Waals surface area contributed by atoms with Gasteiger partial charge in [-0.1, -0.05) is 76.3 Å². The highest BCUT2D eigenvalue weighted by Crippen LogP contribution is 2.34. The summed E-state index contributed by atoms with van der Waals surface area (Å²) < 4.78 is 2.25. The molecule has 3 aromatic rings. The van der Waals surface area contributed by atoms with Crippen LogP contribution in [-0.4, -0.2) is 22.0 Å². The summed E-state index contributed by atoms with van der Waals surface area (Å²) in [5.41, 5.74) is 4.58.